The molecule has 106 valence electrons. The molecule has 0 saturated heterocycles. The van der Waals surface area contributed by atoms with Crippen LogP contribution in [0.1, 0.15) is 0 Å². The van der Waals surface area contributed by atoms with Crippen molar-refractivity contribution in [1.29, 1.82) is 0 Å². The molecule has 3 rings (SSSR count). The Labute approximate surface area is 131 Å². The van der Waals surface area contributed by atoms with E-state index in [-0.39, 0.29) is 5.56 Å². The Hall–Kier alpha value is -1.72. The van der Waals surface area contributed by atoms with E-state index in [0.717, 1.165) is 16.1 Å². The van der Waals surface area contributed by atoms with Crippen LogP contribution in [0, 0.1) is 0 Å². The molecule has 0 atom stereocenters. The maximum absolute atomic E-state index is 12.8. The highest BCUT2D eigenvalue weighted by Crippen LogP contribution is 2.22. The Morgan fingerprint density at radius 3 is 2.57 bits per heavy atom. The molecule has 0 fully saturated rings. The molecule has 1 aromatic heterocycles. The predicted molar refractivity (Wildman–Crippen MR) is 90.9 cm³/mol. The third-order valence-electron chi connectivity index (χ3n) is 3.24. The van der Waals surface area contributed by atoms with Crippen molar-refractivity contribution in [2.45, 2.75) is 10.1 Å². The van der Waals surface area contributed by atoms with Gasteiger partial charge < -0.3 is 0 Å². The van der Waals surface area contributed by atoms with E-state index in [9.17, 15) is 4.79 Å². The van der Waals surface area contributed by atoms with Gasteiger partial charge >= 0.3 is 0 Å². The normalized spacial score (nSPS) is 11.0. The lowest BCUT2D eigenvalue weighted by Crippen LogP contribution is -2.21. The summed E-state index contributed by atoms with van der Waals surface area (Å²) in [5, 5.41) is 1.35. The summed E-state index contributed by atoms with van der Waals surface area (Å²) in [6, 6.07) is 15.4. The zero-order valence-electron chi connectivity index (χ0n) is 11.7. The maximum Gasteiger partial charge on any atom is 0.266 e. The van der Waals surface area contributed by atoms with Crippen molar-refractivity contribution >= 4 is 34.4 Å². The van der Waals surface area contributed by atoms with E-state index >= 15 is 0 Å². The Balaban J connectivity index is 2.35. The third-order valence-corrected chi connectivity index (χ3v) is 4.60. The summed E-state index contributed by atoms with van der Waals surface area (Å²) in [6.07, 6.45) is 3.96. The molecule has 5 heteroatoms. The predicted octanol–water partition coefficient (Wildman–Crippen LogP) is 3.83. The molecule has 0 unspecified atom stereocenters. The van der Waals surface area contributed by atoms with Crippen molar-refractivity contribution in [3.05, 3.63) is 58.9 Å². The molecule has 0 saturated carbocycles. The molecule has 0 spiro atoms. The highest BCUT2D eigenvalue weighted by atomic mass is 32.2. The van der Waals surface area contributed by atoms with Crippen LogP contribution >= 0.6 is 23.5 Å². The summed E-state index contributed by atoms with van der Waals surface area (Å²) in [5.41, 5.74) is 1.57. The summed E-state index contributed by atoms with van der Waals surface area (Å²) >= 11 is 3.14. The Morgan fingerprint density at radius 1 is 1.00 bits per heavy atom. The van der Waals surface area contributed by atoms with Crippen LogP contribution in [0.3, 0.4) is 0 Å². The first kappa shape index (κ1) is 14.2. The number of hydrogen-bond donors (Lipinski definition) is 0. The van der Waals surface area contributed by atoms with Crippen LogP contribution in [-0.2, 0) is 0 Å². The topological polar surface area (TPSA) is 34.9 Å². The number of hydrogen-bond acceptors (Lipinski definition) is 4. The van der Waals surface area contributed by atoms with Crippen molar-refractivity contribution in [2.75, 3.05) is 12.5 Å². The van der Waals surface area contributed by atoms with Crippen molar-refractivity contribution < 1.29 is 0 Å². The highest BCUT2D eigenvalue weighted by Gasteiger charge is 2.12. The van der Waals surface area contributed by atoms with Crippen molar-refractivity contribution in [2.24, 2.45) is 0 Å². The van der Waals surface area contributed by atoms with Gasteiger partial charge in [0.05, 0.1) is 16.6 Å². The average Bonchev–Trinajstić information content (AvgIpc) is 2.54. The second kappa shape index (κ2) is 5.95. The molecule has 0 aliphatic rings. The maximum atomic E-state index is 12.8. The van der Waals surface area contributed by atoms with E-state index in [1.807, 2.05) is 61.0 Å². The minimum atomic E-state index is -0.0248. The van der Waals surface area contributed by atoms with Crippen LogP contribution < -0.4 is 5.56 Å². The first-order chi connectivity index (χ1) is 10.2. The van der Waals surface area contributed by atoms with Gasteiger partial charge in [-0.3, -0.25) is 9.36 Å². The van der Waals surface area contributed by atoms with E-state index in [2.05, 4.69) is 4.98 Å². The molecule has 21 heavy (non-hydrogen) atoms. The van der Waals surface area contributed by atoms with Gasteiger partial charge in [0.1, 0.15) is 0 Å². The molecule has 1 heterocycles. The monoisotopic (exact) mass is 314 g/mol. The van der Waals surface area contributed by atoms with Gasteiger partial charge in [0.2, 0.25) is 0 Å². The van der Waals surface area contributed by atoms with Crippen LogP contribution in [0.5, 0.6) is 0 Å². The number of aromatic nitrogens is 2. The van der Waals surface area contributed by atoms with Gasteiger partial charge in [0, 0.05) is 4.90 Å². The fourth-order valence-electron chi connectivity index (χ4n) is 2.23. The van der Waals surface area contributed by atoms with E-state index < -0.39 is 0 Å². The summed E-state index contributed by atoms with van der Waals surface area (Å²) in [7, 11) is 0. The molecular weight excluding hydrogens is 300 g/mol. The van der Waals surface area contributed by atoms with E-state index in [1.54, 1.807) is 16.3 Å². The van der Waals surface area contributed by atoms with Gasteiger partial charge in [-0.05, 0) is 42.8 Å². The Bertz CT molecular complexity index is 858. The van der Waals surface area contributed by atoms with Gasteiger partial charge in [-0.15, -0.1) is 11.8 Å². The van der Waals surface area contributed by atoms with Crippen LogP contribution in [0.15, 0.2) is 63.4 Å². The number of nitrogens with zero attached hydrogens (tertiary/aromatic N) is 2. The van der Waals surface area contributed by atoms with E-state index in [4.69, 9.17) is 0 Å². The van der Waals surface area contributed by atoms with Gasteiger partial charge in [0.15, 0.2) is 5.16 Å². The summed E-state index contributed by atoms with van der Waals surface area (Å²) in [5.74, 6) is 0. The standard InChI is InChI=1S/C16H14N2OS2/c1-20-12-7-5-6-11(10-12)18-15(19)13-8-3-4-9-14(13)17-16(18)21-2/h3-10H,1-2H3. The highest BCUT2D eigenvalue weighted by molar-refractivity contribution is 7.98. The molecule has 3 aromatic rings. The molecule has 0 radical (unpaired) electrons. The molecule has 3 nitrogen and oxygen atoms in total. The minimum absolute atomic E-state index is 0.0248. The Morgan fingerprint density at radius 2 is 1.81 bits per heavy atom. The number of para-hydroxylation sites is 1. The summed E-state index contributed by atoms with van der Waals surface area (Å²) in [6.45, 7) is 0. The van der Waals surface area contributed by atoms with Crippen LogP contribution in [-0.4, -0.2) is 22.1 Å². The molecule has 0 aliphatic heterocycles. The number of rotatable bonds is 3. The van der Waals surface area contributed by atoms with Crippen LogP contribution in [0.25, 0.3) is 16.6 Å². The second-order valence-corrected chi connectivity index (χ2v) is 6.11. The largest absolute Gasteiger partial charge is 0.268 e. The minimum Gasteiger partial charge on any atom is -0.268 e. The lowest BCUT2D eigenvalue weighted by Gasteiger charge is -2.12. The average molecular weight is 314 g/mol. The fourth-order valence-corrected chi connectivity index (χ4v) is 3.24. The van der Waals surface area contributed by atoms with Gasteiger partial charge in [-0.25, -0.2) is 4.98 Å². The fraction of sp³-hybridized carbons (Fsp3) is 0.125. The molecule has 0 amide bonds. The number of benzene rings is 2. The quantitative estimate of drug-likeness (QED) is 0.543. The first-order valence-corrected chi connectivity index (χ1v) is 8.90. The second-order valence-electron chi connectivity index (χ2n) is 4.46. The zero-order chi connectivity index (χ0) is 14.8. The lowest BCUT2D eigenvalue weighted by molar-refractivity contribution is 0.819. The number of fused-ring (bicyclic) bond motifs is 1. The third kappa shape index (κ3) is 2.59. The van der Waals surface area contributed by atoms with Gasteiger partial charge in [-0.1, -0.05) is 30.0 Å². The molecule has 0 bridgehead atoms. The zero-order valence-corrected chi connectivity index (χ0v) is 13.4. The first-order valence-electron chi connectivity index (χ1n) is 6.45. The molecular formula is C16H14N2OS2. The van der Waals surface area contributed by atoms with Crippen molar-refractivity contribution in [1.82, 2.24) is 9.55 Å². The van der Waals surface area contributed by atoms with Crippen molar-refractivity contribution in [3.63, 3.8) is 0 Å². The molecule has 0 N–H and O–H groups in total. The molecule has 0 aliphatic carbocycles. The van der Waals surface area contributed by atoms with E-state index in [0.29, 0.717) is 10.5 Å². The lowest BCUT2D eigenvalue weighted by atomic mass is 10.2. The van der Waals surface area contributed by atoms with Crippen molar-refractivity contribution in [3.8, 4) is 5.69 Å². The summed E-state index contributed by atoms with van der Waals surface area (Å²) < 4.78 is 1.69. The smallest absolute Gasteiger partial charge is 0.266 e. The summed E-state index contributed by atoms with van der Waals surface area (Å²) in [4.78, 5) is 18.5. The molecule has 2 aromatic carbocycles. The van der Waals surface area contributed by atoms with Gasteiger partial charge in [0.25, 0.3) is 5.56 Å². The van der Waals surface area contributed by atoms with Crippen LogP contribution in [0.2, 0.25) is 0 Å². The van der Waals surface area contributed by atoms with Crippen LogP contribution in [0.4, 0.5) is 0 Å². The number of thioether (sulfide) groups is 2. The SMILES string of the molecule is CSc1cccc(-n2c(SC)nc3ccccc3c2=O)c1. The van der Waals surface area contributed by atoms with Gasteiger partial charge in [-0.2, -0.15) is 0 Å². The Kier molecular flexibility index (Phi) is 4.03. The van der Waals surface area contributed by atoms with E-state index in [1.165, 1.54) is 11.8 Å².